The largest absolute Gasteiger partial charge is 0.328 e. The SMILES string of the molecule is CCCc1cc(=O)n(C2CCCCC2)c(=O)[nH]1. The van der Waals surface area contributed by atoms with Crippen molar-refractivity contribution in [3.8, 4) is 0 Å². The van der Waals surface area contributed by atoms with Gasteiger partial charge >= 0.3 is 5.69 Å². The Balaban J connectivity index is 2.34. The van der Waals surface area contributed by atoms with Crippen molar-refractivity contribution < 1.29 is 0 Å². The first-order valence-corrected chi connectivity index (χ1v) is 6.57. The maximum Gasteiger partial charge on any atom is 0.328 e. The minimum Gasteiger partial charge on any atom is -0.311 e. The molecule has 0 saturated heterocycles. The zero-order valence-electron chi connectivity index (χ0n) is 10.4. The predicted molar refractivity (Wildman–Crippen MR) is 67.4 cm³/mol. The molecule has 1 aliphatic carbocycles. The van der Waals surface area contributed by atoms with E-state index in [-0.39, 0.29) is 17.3 Å². The van der Waals surface area contributed by atoms with E-state index in [9.17, 15) is 9.59 Å². The zero-order chi connectivity index (χ0) is 12.3. The lowest BCUT2D eigenvalue weighted by Gasteiger charge is -2.22. The summed E-state index contributed by atoms with van der Waals surface area (Å²) >= 11 is 0. The van der Waals surface area contributed by atoms with Crippen LogP contribution in [0.15, 0.2) is 15.7 Å². The number of aryl methyl sites for hydroxylation is 1. The molecular formula is C13H20N2O2. The molecule has 1 aromatic heterocycles. The lowest BCUT2D eigenvalue weighted by Crippen LogP contribution is -2.39. The normalized spacial score (nSPS) is 17.2. The number of hydrogen-bond acceptors (Lipinski definition) is 2. The monoisotopic (exact) mass is 236 g/mol. The number of aromatic nitrogens is 2. The van der Waals surface area contributed by atoms with Gasteiger partial charge in [0, 0.05) is 17.8 Å². The van der Waals surface area contributed by atoms with Crippen molar-refractivity contribution in [2.24, 2.45) is 0 Å². The van der Waals surface area contributed by atoms with Gasteiger partial charge in [-0.3, -0.25) is 9.36 Å². The van der Waals surface area contributed by atoms with Crippen LogP contribution in [0.4, 0.5) is 0 Å². The van der Waals surface area contributed by atoms with E-state index in [4.69, 9.17) is 0 Å². The molecule has 1 N–H and O–H groups in total. The van der Waals surface area contributed by atoms with Crippen molar-refractivity contribution in [3.63, 3.8) is 0 Å². The standard InChI is InChI=1S/C13H20N2O2/c1-2-6-10-9-12(16)15(13(17)14-10)11-7-4-3-5-8-11/h9,11H,2-8H2,1H3,(H,14,17). The van der Waals surface area contributed by atoms with Crippen LogP contribution in [0, 0.1) is 0 Å². The molecule has 0 unspecified atom stereocenters. The van der Waals surface area contributed by atoms with Crippen LogP contribution < -0.4 is 11.2 Å². The summed E-state index contributed by atoms with van der Waals surface area (Å²) in [5, 5.41) is 0. The summed E-state index contributed by atoms with van der Waals surface area (Å²) in [5.41, 5.74) is 0.395. The maximum absolute atomic E-state index is 12.0. The first-order valence-electron chi connectivity index (χ1n) is 6.57. The van der Waals surface area contributed by atoms with Crippen molar-refractivity contribution in [2.45, 2.75) is 57.9 Å². The Bertz CT molecular complexity index is 450. The number of aromatic amines is 1. The van der Waals surface area contributed by atoms with Crippen molar-refractivity contribution >= 4 is 0 Å². The Morgan fingerprint density at radius 3 is 2.59 bits per heavy atom. The molecule has 17 heavy (non-hydrogen) atoms. The van der Waals surface area contributed by atoms with Crippen LogP contribution in [0.5, 0.6) is 0 Å². The predicted octanol–water partition coefficient (Wildman–Crippen LogP) is 1.99. The van der Waals surface area contributed by atoms with Crippen LogP contribution in [0.1, 0.15) is 57.2 Å². The van der Waals surface area contributed by atoms with E-state index >= 15 is 0 Å². The van der Waals surface area contributed by atoms with Gasteiger partial charge in [0.05, 0.1) is 0 Å². The molecule has 94 valence electrons. The van der Waals surface area contributed by atoms with Gasteiger partial charge in [-0.15, -0.1) is 0 Å². The van der Waals surface area contributed by atoms with Crippen molar-refractivity contribution in [3.05, 3.63) is 32.6 Å². The molecule has 0 radical (unpaired) electrons. The van der Waals surface area contributed by atoms with Gasteiger partial charge in [0.25, 0.3) is 5.56 Å². The van der Waals surface area contributed by atoms with Gasteiger partial charge < -0.3 is 4.98 Å². The fourth-order valence-electron chi connectivity index (χ4n) is 2.64. The minimum absolute atomic E-state index is 0.107. The topological polar surface area (TPSA) is 54.9 Å². The van der Waals surface area contributed by atoms with Crippen LogP contribution >= 0.6 is 0 Å². The smallest absolute Gasteiger partial charge is 0.311 e. The number of hydrogen-bond donors (Lipinski definition) is 1. The molecular weight excluding hydrogens is 216 g/mol. The van der Waals surface area contributed by atoms with Crippen molar-refractivity contribution in [1.29, 1.82) is 0 Å². The van der Waals surface area contributed by atoms with E-state index in [2.05, 4.69) is 4.98 Å². The Labute approximate surface area is 101 Å². The van der Waals surface area contributed by atoms with Gasteiger partial charge in [0.2, 0.25) is 0 Å². The molecule has 4 heteroatoms. The highest BCUT2D eigenvalue weighted by atomic mass is 16.2. The van der Waals surface area contributed by atoms with Crippen molar-refractivity contribution in [2.75, 3.05) is 0 Å². The van der Waals surface area contributed by atoms with Crippen LogP contribution in [0.3, 0.4) is 0 Å². The second-order valence-corrected chi connectivity index (χ2v) is 4.85. The van der Waals surface area contributed by atoms with E-state index in [0.29, 0.717) is 0 Å². The number of H-pyrrole nitrogens is 1. The average Bonchev–Trinajstić information content (AvgIpc) is 2.30. The summed E-state index contributed by atoms with van der Waals surface area (Å²) in [7, 11) is 0. The third-order valence-corrected chi connectivity index (χ3v) is 3.48. The van der Waals surface area contributed by atoms with Crippen LogP contribution in [-0.2, 0) is 6.42 Å². The van der Waals surface area contributed by atoms with E-state index in [1.54, 1.807) is 6.07 Å². The summed E-state index contributed by atoms with van der Waals surface area (Å²) in [5.74, 6) is 0. The molecule has 4 nitrogen and oxygen atoms in total. The fourth-order valence-corrected chi connectivity index (χ4v) is 2.64. The third-order valence-electron chi connectivity index (χ3n) is 3.48. The maximum atomic E-state index is 12.0. The molecule has 1 saturated carbocycles. The van der Waals surface area contributed by atoms with Gasteiger partial charge in [-0.05, 0) is 19.3 Å². The highest BCUT2D eigenvalue weighted by Crippen LogP contribution is 2.25. The van der Waals surface area contributed by atoms with Gasteiger partial charge in [-0.1, -0.05) is 32.6 Å². The van der Waals surface area contributed by atoms with Crippen LogP contribution in [0.25, 0.3) is 0 Å². The van der Waals surface area contributed by atoms with Crippen molar-refractivity contribution in [1.82, 2.24) is 9.55 Å². The molecule has 1 heterocycles. The molecule has 0 bridgehead atoms. The Morgan fingerprint density at radius 1 is 1.29 bits per heavy atom. The lowest BCUT2D eigenvalue weighted by atomic mass is 9.95. The van der Waals surface area contributed by atoms with Crippen LogP contribution in [-0.4, -0.2) is 9.55 Å². The van der Waals surface area contributed by atoms with Gasteiger partial charge in [-0.25, -0.2) is 4.79 Å². The molecule has 0 aliphatic heterocycles. The summed E-state index contributed by atoms with van der Waals surface area (Å²) < 4.78 is 1.42. The molecule has 0 aromatic carbocycles. The lowest BCUT2D eigenvalue weighted by molar-refractivity contribution is 0.335. The van der Waals surface area contributed by atoms with Crippen LogP contribution in [0.2, 0.25) is 0 Å². The summed E-state index contributed by atoms with van der Waals surface area (Å²) in [6, 6.07) is 1.69. The highest BCUT2D eigenvalue weighted by molar-refractivity contribution is 5.01. The molecule has 1 fully saturated rings. The number of nitrogens with zero attached hydrogens (tertiary/aromatic N) is 1. The average molecular weight is 236 g/mol. The highest BCUT2D eigenvalue weighted by Gasteiger charge is 2.18. The Hall–Kier alpha value is -1.32. The van der Waals surface area contributed by atoms with E-state index in [1.165, 1.54) is 11.0 Å². The first-order chi connectivity index (χ1) is 8.22. The molecule has 1 aromatic rings. The molecule has 1 aliphatic rings. The zero-order valence-corrected chi connectivity index (χ0v) is 10.4. The van der Waals surface area contributed by atoms with Gasteiger partial charge in [0.15, 0.2) is 0 Å². The molecule has 2 rings (SSSR count). The second-order valence-electron chi connectivity index (χ2n) is 4.85. The quantitative estimate of drug-likeness (QED) is 0.872. The third kappa shape index (κ3) is 2.68. The minimum atomic E-state index is -0.229. The van der Waals surface area contributed by atoms with E-state index in [0.717, 1.165) is 44.2 Å². The molecule has 0 amide bonds. The number of rotatable bonds is 3. The number of nitrogens with one attached hydrogen (secondary N) is 1. The second kappa shape index (κ2) is 5.34. The molecule has 0 spiro atoms. The summed E-state index contributed by atoms with van der Waals surface area (Å²) in [6.45, 7) is 2.03. The Kier molecular flexibility index (Phi) is 3.82. The summed E-state index contributed by atoms with van der Waals surface area (Å²) in [4.78, 5) is 26.7. The van der Waals surface area contributed by atoms with Gasteiger partial charge in [-0.2, -0.15) is 0 Å². The first kappa shape index (κ1) is 12.1. The molecule has 0 atom stereocenters. The Morgan fingerprint density at radius 2 is 2.00 bits per heavy atom. The summed E-state index contributed by atoms with van der Waals surface area (Å²) in [6.07, 6.45) is 7.06. The van der Waals surface area contributed by atoms with E-state index < -0.39 is 0 Å². The van der Waals surface area contributed by atoms with Gasteiger partial charge in [0.1, 0.15) is 0 Å². The van der Waals surface area contributed by atoms with E-state index in [1.807, 2.05) is 6.92 Å². The fraction of sp³-hybridized carbons (Fsp3) is 0.692.